The normalized spacial score (nSPS) is 14.0. The van der Waals surface area contributed by atoms with Crippen LogP contribution in [0.1, 0.15) is 15.9 Å². The molecule has 0 unspecified atom stereocenters. The van der Waals surface area contributed by atoms with Crippen LogP contribution in [-0.2, 0) is 6.54 Å². The summed E-state index contributed by atoms with van der Waals surface area (Å²) < 4.78 is 0. The van der Waals surface area contributed by atoms with E-state index in [1.54, 1.807) is 24.8 Å². The highest BCUT2D eigenvalue weighted by Crippen LogP contribution is 2.16. The Kier molecular flexibility index (Phi) is 5.42. The van der Waals surface area contributed by atoms with Gasteiger partial charge in [0.1, 0.15) is 0 Å². The fourth-order valence-electron chi connectivity index (χ4n) is 3.20. The standard InChI is InChI=1S/C21H22N6O/c28-20(27-11-9-26(10-12-27)19-6-2-1-3-7-19)18-15-24-21(25-16-18)23-14-17-5-4-8-22-13-17/h1-8,13,15-16H,9-12,14H2,(H,23,24,25). The molecule has 0 aliphatic carbocycles. The van der Waals surface area contributed by atoms with E-state index in [1.165, 1.54) is 5.69 Å². The molecular formula is C21H22N6O. The van der Waals surface area contributed by atoms with Crippen LogP contribution >= 0.6 is 0 Å². The fourth-order valence-corrected chi connectivity index (χ4v) is 3.20. The van der Waals surface area contributed by atoms with Crippen molar-refractivity contribution in [1.82, 2.24) is 19.9 Å². The van der Waals surface area contributed by atoms with Gasteiger partial charge in [0.2, 0.25) is 5.95 Å². The quantitative estimate of drug-likeness (QED) is 0.739. The number of carbonyl (C=O) groups excluding carboxylic acids is 1. The molecule has 0 bridgehead atoms. The third-order valence-corrected chi connectivity index (χ3v) is 4.76. The van der Waals surface area contributed by atoms with Gasteiger partial charge in [-0.05, 0) is 23.8 Å². The summed E-state index contributed by atoms with van der Waals surface area (Å²) in [4.78, 5) is 29.5. The van der Waals surface area contributed by atoms with Gasteiger partial charge in [-0.25, -0.2) is 9.97 Å². The summed E-state index contributed by atoms with van der Waals surface area (Å²) in [6.45, 7) is 3.61. The number of hydrogen-bond donors (Lipinski definition) is 1. The van der Waals surface area contributed by atoms with Crippen molar-refractivity contribution in [2.24, 2.45) is 0 Å². The van der Waals surface area contributed by atoms with Crippen molar-refractivity contribution in [1.29, 1.82) is 0 Å². The molecule has 3 heterocycles. The first-order valence-electron chi connectivity index (χ1n) is 9.34. The zero-order chi connectivity index (χ0) is 19.2. The minimum Gasteiger partial charge on any atom is -0.368 e. The Balaban J connectivity index is 1.31. The van der Waals surface area contributed by atoms with Crippen LogP contribution in [0.5, 0.6) is 0 Å². The number of nitrogens with zero attached hydrogens (tertiary/aromatic N) is 5. The molecule has 1 aliphatic heterocycles. The lowest BCUT2D eigenvalue weighted by atomic mass is 10.2. The summed E-state index contributed by atoms with van der Waals surface area (Å²) in [6, 6.07) is 14.1. The average molecular weight is 374 g/mol. The van der Waals surface area contributed by atoms with Crippen LogP contribution in [0.15, 0.2) is 67.3 Å². The van der Waals surface area contributed by atoms with Gasteiger partial charge in [-0.2, -0.15) is 0 Å². The van der Waals surface area contributed by atoms with Crippen LogP contribution in [0.3, 0.4) is 0 Å². The Hall–Kier alpha value is -3.48. The highest BCUT2D eigenvalue weighted by Gasteiger charge is 2.22. The summed E-state index contributed by atoms with van der Waals surface area (Å²) >= 11 is 0. The maximum absolute atomic E-state index is 12.7. The van der Waals surface area contributed by atoms with Crippen LogP contribution < -0.4 is 10.2 Å². The molecule has 4 rings (SSSR count). The van der Waals surface area contributed by atoms with E-state index in [-0.39, 0.29) is 5.91 Å². The van der Waals surface area contributed by atoms with Gasteiger partial charge in [0.25, 0.3) is 5.91 Å². The molecule has 1 amide bonds. The van der Waals surface area contributed by atoms with Gasteiger partial charge in [0.05, 0.1) is 5.56 Å². The van der Waals surface area contributed by atoms with Crippen LogP contribution in [0.4, 0.5) is 11.6 Å². The summed E-state index contributed by atoms with van der Waals surface area (Å²) in [5.74, 6) is 0.473. The third kappa shape index (κ3) is 4.25. The second-order valence-electron chi connectivity index (χ2n) is 6.62. The van der Waals surface area contributed by atoms with Crippen LogP contribution in [0, 0.1) is 0 Å². The van der Waals surface area contributed by atoms with Crippen molar-refractivity contribution in [3.05, 3.63) is 78.4 Å². The van der Waals surface area contributed by atoms with Gasteiger partial charge >= 0.3 is 0 Å². The first-order chi connectivity index (χ1) is 13.8. The SMILES string of the molecule is O=C(c1cnc(NCc2cccnc2)nc1)N1CCN(c2ccccc2)CC1. The van der Waals surface area contributed by atoms with Crippen molar-refractivity contribution in [2.45, 2.75) is 6.54 Å². The molecule has 2 aromatic heterocycles. The van der Waals surface area contributed by atoms with Gasteiger partial charge in [-0.3, -0.25) is 9.78 Å². The maximum atomic E-state index is 12.7. The minimum absolute atomic E-state index is 0.0217. The number of anilines is 2. The Morgan fingerprint density at radius 2 is 1.68 bits per heavy atom. The van der Waals surface area contributed by atoms with E-state index in [4.69, 9.17) is 0 Å². The number of carbonyl (C=O) groups is 1. The smallest absolute Gasteiger partial charge is 0.257 e. The number of benzene rings is 1. The van der Waals surface area contributed by atoms with E-state index in [0.29, 0.717) is 31.1 Å². The first kappa shape index (κ1) is 17.9. The average Bonchev–Trinajstić information content (AvgIpc) is 2.79. The van der Waals surface area contributed by atoms with E-state index in [0.717, 1.165) is 18.7 Å². The van der Waals surface area contributed by atoms with Crippen molar-refractivity contribution >= 4 is 17.5 Å². The van der Waals surface area contributed by atoms with Gasteiger partial charge < -0.3 is 15.1 Å². The summed E-state index contributed by atoms with van der Waals surface area (Å²) in [5, 5.41) is 3.14. The molecule has 0 radical (unpaired) electrons. The molecule has 3 aromatic rings. The molecule has 0 saturated carbocycles. The Bertz CT molecular complexity index is 893. The zero-order valence-electron chi connectivity index (χ0n) is 15.5. The van der Waals surface area contributed by atoms with E-state index in [1.807, 2.05) is 35.2 Å². The maximum Gasteiger partial charge on any atom is 0.257 e. The monoisotopic (exact) mass is 374 g/mol. The second-order valence-corrected chi connectivity index (χ2v) is 6.62. The molecule has 28 heavy (non-hydrogen) atoms. The molecule has 7 heteroatoms. The highest BCUT2D eigenvalue weighted by molar-refractivity contribution is 5.93. The van der Waals surface area contributed by atoms with Gasteiger partial charge in [-0.1, -0.05) is 24.3 Å². The summed E-state index contributed by atoms with van der Waals surface area (Å²) in [5.41, 5.74) is 2.75. The predicted octanol–water partition coefficient (Wildman–Crippen LogP) is 2.45. The molecule has 0 spiro atoms. The number of para-hydroxylation sites is 1. The van der Waals surface area contributed by atoms with Crippen LogP contribution in [0.25, 0.3) is 0 Å². The molecular weight excluding hydrogens is 352 g/mol. The van der Waals surface area contributed by atoms with E-state index in [9.17, 15) is 4.79 Å². The fraction of sp³-hybridized carbons (Fsp3) is 0.238. The van der Waals surface area contributed by atoms with Crippen LogP contribution in [-0.4, -0.2) is 51.9 Å². The Labute approximate surface area is 164 Å². The third-order valence-electron chi connectivity index (χ3n) is 4.76. The summed E-state index contributed by atoms with van der Waals surface area (Å²) in [6.07, 6.45) is 6.70. The highest BCUT2D eigenvalue weighted by atomic mass is 16.2. The van der Waals surface area contributed by atoms with E-state index in [2.05, 4.69) is 37.3 Å². The molecule has 7 nitrogen and oxygen atoms in total. The Morgan fingerprint density at radius 3 is 2.36 bits per heavy atom. The van der Waals surface area contributed by atoms with Gasteiger partial charge in [0, 0.05) is 63.2 Å². The molecule has 142 valence electrons. The number of aromatic nitrogens is 3. The molecule has 1 saturated heterocycles. The van der Waals surface area contributed by atoms with E-state index >= 15 is 0 Å². The number of amides is 1. The van der Waals surface area contributed by atoms with Crippen LogP contribution in [0.2, 0.25) is 0 Å². The van der Waals surface area contributed by atoms with E-state index < -0.39 is 0 Å². The lowest BCUT2D eigenvalue weighted by Crippen LogP contribution is -2.48. The summed E-state index contributed by atoms with van der Waals surface area (Å²) in [7, 11) is 0. The van der Waals surface area contributed by atoms with Gasteiger partial charge in [-0.15, -0.1) is 0 Å². The van der Waals surface area contributed by atoms with Crippen molar-refractivity contribution in [3.63, 3.8) is 0 Å². The van der Waals surface area contributed by atoms with Crippen molar-refractivity contribution in [3.8, 4) is 0 Å². The minimum atomic E-state index is -0.0217. The predicted molar refractivity (Wildman–Crippen MR) is 108 cm³/mol. The Morgan fingerprint density at radius 1 is 0.929 bits per heavy atom. The molecule has 1 fully saturated rings. The lowest BCUT2D eigenvalue weighted by Gasteiger charge is -2.36. The van der Waals surface area contributed by atoms with Crippen molar-refractivity contribution in [2.75, 3.05) is 36.4 Å². The number of pyridine rings is 1. The molecule has 1 N–H and O–H groups in total. The molecule has 0 atom stereocenters. The number of nitrogens with one attached hydrogen (secondary N) is 1. The van der Waals surface area contributed by atoms with Crippen molar-refractivity contribution < 1.29 is 4.79 Å². The number of rotatable bonds is 5. The molecule has 1 aromatic carbocycles. The second kappa shape index (κ2) is 8.47. The topological polar surface area (TPSA) is 74.2 Å². The molecule has 1 aliphatic rings. The largest absolute Gasteiger partial charge is 0.368 e. The number of hydrogen-bond acceptors (Lipinski definition) is 6. The van der Waals surface area contributed by atoms with Gasteiger partial charge in [0.15, 0.2) is 0 Å². The lowest BCUT2D eigenvalue weighted by molar-refractivity contribution is 0.0746. The zero-order valence-corrected chi connectivity index (χ0v) is 15.5. The number of piperazine rings is 1. The first-order valence-corrected chi connectivity index (χ1v) is 9.34.